The molecule has 0 spiro atoms. The molecule has 1 aliphatic rings. The van der Waals surface area contributed by atoms with E-state index < -0.39 is 0 Å². The van der Waals surface area contributed by atoms with Crippen LogP contribution in [0.1, 0.15) is 33.6 Å². The van der Waals surface area contributed by atoms with Gasteiger partial charge in [0.15, 0.2) is 0 Å². The van der Waals surface area contributed by atoms with Gasteiger partial charge in [0.25, 0.3) is 0 Å². The molecule has 0 saturated carbocycles. The van der Waals surface area contributed by atoms with Crippen molar-refractivity contribution in [2.75, 3.05) is 46.6 Å². The monoisotopic (exact) mass is 272 g/mol. The van der Waals surface area contributed by atoms with Crippen LogP contribution in [0.15, 0.2) is 0 Å². The summed E-state index contributed by atoms with van der Waals surface area (Å²) in [5.41, 5.74) is 0. The highest BCUT2D eigenvalue weighted by molar-refractivity contribution is 4.87. The molecule has 1 heterocycles. The fourth-order valence-corrected chi connectivity index (χ4v) is 2.69. The van der Waals surface area contributed by atoms with Crippen molar-refractivity contribution in [2.24, 2.45) is 5.92 Å². The summed E-state index contributed by atoms with van der Waals surface area (Å²) in [4.78, 5) is 2.62. The number of methoxy groups -OCH3 is 1. The highest BCUT2D eigenvalue weighted by atomic mass is 16.5. The molecule has 1 rings (SSSR count). The van der Waals surface area contributed by atoms with Gasteiger partial charge in [-0.3, -0.25) is 4.90 Å². The van der Waals surface area contributed by atoms with Crippen LogP contribution in [0.25, 0.3) is 0 Å². The van der Waals surface area contributed by atoms with E-state index in [4.69, 9.17) is 9.47 Å². The average molecular weight is 272 g/mol. The van der Waals surface area contributed by atoms with Crippen molar-refractivity contribution < 1.29 is 9.47 Å². The zero-order valence-electron chi connectivity index (χ0n) is 13.2. The molecule has 3 atom stereocenters. The molecule has 1 aliphatic heterocycles. The maximum absolute atomic E-state index is 5.62. The van der Waals surface area contributed by atoms with Crippen LogP contribution in [-0.2, 0) is 9.47 Å². The summed E-state index contributed by atoms with van der Waals surface area (Å²) >= 11 is 0. The van der Waals surface area contributed by atoms with E-state index in [0.717, 1.165) is 32.2 Å². The molecule has 0 radical (unpaired) electrons. The summed E-state index contributed by atoms with van der Waals surface area (Å²) in [6.45, 7) is 12.4. The molecule has 1 N–H and O–H groups in total. The normalized spacial score (nSPS) is 26.5. The lowest BCUT2D eigenvalue weighted by Crippen LogP contribution is -2.58. The third-order valence-corrected chi connectivity index (χ3v) is 4.29. The lowest BCUT2D eigenvalue weighted by Gasteiger charge is -2.43. The van der Waals surface area contributed by atoms with Crippen LogP contribution >= 0.6 is 0 Å². The SMILES string of the molecule is CCC1CN(CCOCCOC)C(C(C)CC)CN1. The predicted octanol–water partition coefficient (Wildman–Crippen LogP) is 1.75. The van der Waals surface area contributed by atoms with E-state index >= 15 is 0 Å². The lowest BCUT2D eigenvalue weighted by molar-refractivity contribution is 0.0283. The van der Waals surface area contributed by atoms with Crippen LogP contribution in [-0.4, -0.2) is 63.5 Å². The average Bonchev–Trinajstić information content (AvgIpc) is 2.46. The van der Waals surface area contributed by atoms with Gasteiger partial charge in [-0.2, -0.15) is 0 Å². The van der Waals surface area contributed by atoms with Crippen LogP contribution in [0.5, 0.6) is 0 Å². The van der Waals surface area contributed by atoms with Crippen molar-refractivity contribution in [2.45, 2.75) is 45.7 Å². The van der Waals surface area contributed by atoms with Crippen LogP contribution in [0, 0.1) is 5.92 Å². The van der Waals surface area contributed by atoms with Crippen molar-refractivity contribution in [3.8, 4) is 0 Å². The number of hydrogen-bond acceptors (Lipinski definition) is 4. The fourth-order valence-electron chi connectivity index (χ4n) is 2.69. The molecule has 1 saturated heterocycles. The third-order valence-electron chi connectivity index (χ3n) is 4.29. The highest BCUT2D eigenvalue weighted by Crippen LogP contribution is 2.18. The standard InChI is InChI=1S/C15H32N2O2/c1-5-13(3)15-11-16-14(6-2)12-17(15)7-8-19-10-9-18-4/h13-16H,5-12H2,1-4H3. The Bertz CT molecular complexity index is 226. The largest absolute Gasteiger partial charge is 0.382 e. The van der Waals surface area contributed by atoms with E-state index in [1.54, 1.807) is 7.11 Å². The van der Waals surface area contributed by atoms with Crippen molar-refractivity contribution in [1.29, 1.82) is 0 Å². The van der Waals surface area contributed by atoms with E-state index in [0.29, 0.717) is 25.3 Å². The van der Waals surface area contributed by atoms with Gasteiger partial charge in [-0.15, -0.1) is 0 Å². The Hall–Kier alpha value is -0.160. The molecule has 0 aliphatic carbocycles. The Morgan fingerprint density at radius 3 is 2.68 bits per heavy atom. The first-order valence-corrected chi connectivity index (χ1v) is 7.77. The number of hydrogen-bond donors (Lipinski definition) is 1. The first-order valence-electron chi connectivity index (χ1n) is 7.77. The summed E-state index contributed by atoms with van der Waals surface area (Å²) < 4.78 is 10.6. The van der Waals surface area contributed by atoms with Crippen LogP contribution in [0.4, 0.5) is 0 Å². The molecule has 0 amide bonds. The molecule has 3 unspecified atom stereocenters. The fraction of sp³-hybridized carbons (Fsp3) is 1.00. The minimum atomic E-state index is 0.638. The van der Waals surface area contributed by atoms with E-state index in [1.807, 2.05) is 0 Å². The molecular formula is C15H32N2O2. The van der Waals surface area contributed by atoms with Crippen molar-refractivity contribution in [3.05, 3.63) is 0 Å². The van der Waals surface area contributed by atoms with Gasteiger partial charge in [-0.25, -0.2) is 0 Å². The summed E-state index contributed by atoms with van der Waals surface area (Å²) in [7, 11) is 1.71. The topological polar surface area (TPSA) is 33.7 Å². The Balaban J connectivity index is 2.37. The molecule has 1 fully saturated rings. The highest BCUT2D eigenvalue weighted by Gasteiger charge is 2.29. The number of piperazine rings is 1. The molecular weight excluding hydrogens is 240 g/mol. The van der Waals surface area contributed by atoms with E-state index in [9.17, 15) is 0 Å². The van der Waals surface area contributed by atoms with Gasteiger partial charge < -0.3 is 14.8 Å². The minimum Gasteiger partial charge on any atom is -0.382 e. The molecule has 0 aromatic rings. The van der Waals surface area contributed by atoms with Gasteiger partial charge >= 0.3 is 0 Å². The van der Waals surface area contributed by atoms with Crippen LogP contribution in [0.3, 0.4) is 0 Å². The molecule has 0 bridgehead atoms. The van der Waals surface area contributed by atoms with Crippen molar-refractivity contribution in [3.63, 3.8) is 0 Å². The zero-order chi connectivity index (χ0) is 14.1. The molecule has 4 heteroatoms. The van der Waals surface area contributed by atoms with E-state index in [-0.39, 0.29) is 0 Å². The molecule has 4 nitrogen and oxygen atoms in total. The molecule has 19 heavy (non-hydrogen) atoms. The Morgan fingerprint density at radius 2 is 2.05 bits per heavy atom. The van der Waals surface area contributed by atoms with Crippen LogP contribution < -0.4 is 5.32 Å². The maximum atomic E-state index is 5.62. The summed E-state index contributed by atoms with van der Waals surface area (Å²) in [6, 6.07) is 1.29. The quantitative estimate of drug-likeness (QED) is 0.648. The van der Waals surface area contributed by atoms with Crippen molar-refractivity contribution in [1.82, 2.24) is 10.2 Å². The summed E-state index contributed by atoms with van der Waals surface area (Å²) in [6.07, 6.45) is 2.44. The minimum absolute atomic E-state index is 0.638. The second-order valence-electron chi connectivity index (χ2n) is 5.57. The van der Waals surface area contributed by atoms with Gasteiger partial charge in [0.2, 0.25) is 0 Å². The first-order chi connectivity index (χ1) is 9.22. The van der Waals surface area contributed by atoms with E-state index in [1.165, 1.54) is 12.8 Å². The number of ether oxygens (including phenoxy) is 2. The number of nitrogens with one attached hydrogen (secondary N) is 1. The molecule has 0 aromatic heterocycles. The Labute approximate surface area is 118 Å². The Kier molecular flexibility index (Phi) is 8.62. The van der Waals surface area contributed by atoms with Gasteiger partial charge in [-0.1, -0.05) is 27.2 Å². The van der Waals surface area contributed by atoms with Crippen LogP contribution in [0.2, 0.25) is 0 Å². The summed E-state index contributed by atoms with van der Waals surface area (Å²) in [5.74, 6) is 0.740. The van der Waals surface area contributed by atoms with Crippen molar-refractivity contribution >= 4 is 0 Å². The second kappa shape index (κ2) is 9.70. The molecule has 0 aromatic carbocycles. The summed E-state index contributed by atoms with van der Waals surface area (Å²) in [5, 5.41) is 3.67. The zero-order valence-corrected chi connectivity index (χ0v) is 13.2. The van der Waals surface area contributed by atoms with E-state index in [2.05, 4.69) is 31.0 Å². The lowest BCUT2D eigenvalue weighted by atomic mass is 9.94. The van der Waals surface area contributed by atoms with Gasteiger partial charge in [0.1, 0.15) is 0 Å². The third kappa shape index (κ3) is 5.78. The number of nitrogens with zero attached hydrogens (tertiary/aromatic N) is 1. The Morgan fingerprint density at radius 1 is 1.26 bits per heavy atom. The second-order valence-corrected chi connectivity index (χ2v) is 5.57. The number of rotatable bonds is 9. The van der Waals surface area contributed by atoms with Gasteiger partial charge in [-0.05, 0) is 12.3 Å². The smallest absolute Gasteiger partial charge is 0.0700 e. The van der Waals surface area contributed by atoms with Gasteiger partial charge in [0.05, 0.1) is 19.8 Å². The first kappa shape index (κ1) is 16.9. The molecule has 114 valence electrons. The van der Waals surface area contributed by atoms with Gasteiger partial charge in [0, 0.05) is 38.8 Å². The predicted molar refractivity (Wildman–Crippen MR) is 79.6 cm³/mol. The maximum Gasteiger partial charge on any atom is 0.0700 e.